The Labute approximate surface area is 115 Å². The van der Waals surface area contributed by atoms with Crippen molar-refractivity contribution in [2.24, 2.45) is 5.16 Å². The van der Waals surface area contributed by atoms with E-state index in [0.717, 1.165) is 29.5 Å². The molecule has 0 unspecified atom stereocenters. The number of rotatable bonds is 3. The molecule has 0 saturated carbocycles. The monoisotopic (exact) mass is 272 g/mol. The van der Waals surface area contributed by atoms with Crippen LogP contribution in [-0.2, 0) is 13.0 Å². The van der Waals surface area contributed by atoms with Gasteiger partial charge in [0.2, 0.25) is 0 Å². The van der Waals surface area contributed by atoms with Gasteiger partial charge in [-0.1, -0.05) is 17.3 Å². The largest absolute Gasteiger partial charge is 0.489 e. The quantitative estimate of drug-likeness (QED) is 0.690. The second kappa shape index (κ2) is 5.28. The van der Waals surface area contributed by atoms with Gasteiger partial charge in [0.25, 0.3) is 0 Å². The molecule has 102 valence electrons. The third kappa shape index (κ3) is 2.34. The van der Waals surface area contributed by atoms with E-state index in [2.05, 4.69) is 10.1 Å². The van der Waals surface area contributed by atoms with Gasteiger partial charge in [-0.25, -0.2) is 4.39 Å². The maximum Gasteiger partial charge on any atom is 0.141 e. The van der Waals surface area contributed by atoms with E-state index in [-0.39, 0.29) is 12.4 Å². The van der Waals surface area contributed by atoms with Gasteiger partial charge in [0.1, 0.15) is 18.2 Å². The van der Waals surface area contributed by atoms with Crippen LogP contribution in [0.25, 0.3) is 0 Å². The molecule has 0 amide bonds. The lowest BCUT2D eigenvalue weighted by molar-refractivity contribution is 0.302. The number of benzene rings is 1. The Bertz CT molecular complexity index is 671. The number of oxime groups is 1. The number of nitrogens with zero attached hydrogens (tertiary/aromatic N) is 2. The summed E-state index contributed by atoms with van der Waals surface area (Å²) < 4.78 is 18.8. The highest BCUT2D eigenvalue weighted by atomic mass is 19.1. The normalized spacial score (nSPS) is 15.3. The summed E-state index contributed by atoms with van der Waals surface area (Å²) in [7, 11) is 0. The van der Waals surface area contributed by atoms with Gasteiger partial charge in [0.05, 0.1) is 11.9 Å². The molecule has 20 heavy (non-hydrogen) atoms. The molecule has 1 aromatic carbocycles. The van der Waals surface area contributed by atoms with Crippen molar-refractivity contribution in [2.75, 3.05) is 0 Å². The molecular formula is C15H13FN2O2. The van der Waals surface area contributed by atoms with Crippen LogP contribution in [0.5, 0.6) is 5.75 Å². The first-order valence-electron chi connectivity index (χ1n) is 6.33. The highest BCUT2D eigenvalue weighted by Crippen LogP contribution is 2.31. The van der Waals surface area contributed by atoms with E-state index in [4.69, 9.17) is 9.94 Å². The zero-order valence-corrected chi connectivity index (χ0v) is 10.7. The predicted molar refractivity (Wildman–Crippen MR) is 71.6 cm³/mol. The summed E-state index contributed by atoms with van der Waals surface area (Å²) in [6.07, 6.45) is 4.22. The summed E-state index contributed by atoms with van der Waals surface area (Å²) in [5.74, 6) is 0.365. The lowest BCUT2D eigenvalue weighted by Crippen LogP contribution is -2.00. The molecule has 4 nitrogen and oxygen atoms in total. The predicted octanol–water partition coefficient (Wildman–Crippen LogP) is 2.92. The van der Waals surface area contributed by atoms with Gasteiger partial charge >= 0.3 is 0 Å². The Morgan fingerprint density at radius 1 is 1.30 bits per heavy atom. The van der Waals surface area contributed by atoms with Crippen LogP contribution in [0.1, 0.15) is 23.1 Å². The van der Waals surface area contributed by atoms with Crippen molar-refractivity contribution in [3.8, 4) is 5.75 Å². The van der Waals surface area contributed by atoms with Crippen LogP contribution in [0.4, 0.5) is 4.39 Å². The second-order valence-corrected chi connectivity index (χ2v) is 4.63. The fourth-order valence-electron chi connectivity index (χ4n) is 2.41. The smallest absolute Gasteiger partial charge is 0.141 e. The number of hydrogen-bond donors (Lipinski definition) is 1. The molecule has 0 radical (unpaired) electrons. The van der Waals surface area contributed by atoms with E-state index in [0.29, 0.717) is 17.7 Å². The second-order valence-electron chi connectivity index (χ2n) is 4.63. The standard InChI is InChI=1S/C15H13FN2O2/c16-11-6-10(7-17-8-11)9-20-15-3-1-2-12-13(15)4-5-14(12)18-19/h1-3,6-8,19H,4-5,9H2/b18-14-. The fourth-order valence-corrected chi connectivity index (χ4v) is 2.41. The first kappa shape index (κ1) is 12.6. The molecule has 3 rings (SSSR count). The first-order chi connectivity index (χ1) is 9.78. The summed E-state index contributed by atoms with van der Waals surface area (Å²) in [5.41, 5.74) is 3.31. The van der Waals surface area contributed by atoms with Crippen LogP contribution in [0.15, 0.2) is 41.8 Å². The first-order valence-corrected chi connectivity index (χ1v) is 6.33. The minimum absolute atomic E-state index is 0.257. The van der Waals surface area contributed by atoms with Crippen LogP contribution in [0, 0.1) is 5.82 Å². The van der Waals surface area contributed by atoms with E-state index in [1.54, 1.807) is 6.20 Å². The summed E-state index contributed by atoms with van der Waals surface area (Å²) in [6, 6.07) is 7.03. The molecule has 5 heteroatoms. The molecule has 0 fully saturated rings. The molecule has 1 N–H and O–H groups in total. The lowest BCUT2D eigenvalue weighted by atomic mass is 10.1. The molecule has 1 heterocycles. The Kier molecular flexibility index (Phi) is 3.33. The highest BCUT2D eigenvalue weighted by molar-refractivity contribution is 6.04. The molecule has 0 saturated heterocycles. The van der Waals surface area contributed by atoms with Crippen molar-refractivity contribution in [3.63, 3.8) is 0 Å². The molecule has 0 atom stereocenters. The van der Waals surface area contributed by atoms with Crippen LogP contribution in [0.2, 0.25) is 0 Å². The molecule has 1 aliphatic rings. The van der Waals surface area contributed by atoms with Crippen molar-refractivity contribution in [2.45, 2.75) is 19.4 Å². The van der Waals surface area contributed by atoms with E-state index < -0.39 is 0 Å². The van der Waals surface area contributed by atoms with Crippen molar-refractivity contribution in [3.05, 3.63) is 59.2 Å². The van der Waals surface area contributed by atoms with Gasteiger partial charge in [-0.05, 0) is 25.0 Å². The van der Waals surface area contributed by atoms with Gasteiger partial charge in [0.15, 0.2) is 0 Å². The zero-order valence-electron chi connectivity index (χ0n) is 10.7. The van der Waals surface area contributed by atoms with E-state index >= 15 is 0 Å². The maximum atomic E-state index is 13.0. The fraction of sp³-hybridized carbons (Fsp3) is 0.200. The van der Waals surface area contributed by atoms with Crippen molar-refractivity contribution >= 4 is 5.71 Å². The average Bonchev–Trinajstić information content (AvgIpc) is 2.89. The lowest BCUT2D eigenvalue weighted by Gasteiger charge is -2.10. The molecule has 0 spiro atoms. The van der Waals surface area contributed by atoms with Crippen LogP contribution in [-0.4, -0.2) is 15.9 Å². The van der Waals surface area contributed by atoms with Crippen molar-refractivity contribution in [1.29, 1.82) is 0 Å². The maximum absolute atomic E-state index is 13.0. The summed E-state index contributed by atoms with van der Waals surface area (Å²) in [5, 5.41) is 12.2. The molecule has 1 aromatic heterocycles. The third-order valence-electron chi connectivity index (χ3n) is 3.33. The average molecular weight is 272 g/mol. The summed E-state index contributed by atoms with van der Waals surface area (Å²) in [6.45, 7) is 0.257. The molecule has 0 aliphatic heterocycles. The molecule has 1 aliphatic carbocycles. The number of ether oxygens (including phenoxy) is 1. The number of pyridine rings is 1. The van der Waals surface area contributed by atoms with Crippen molar-refractivity contribution in [1.82, 2.24) is 4.98 Å². The number of aromatic nitrogens is 1. The van der Waals surface area contributed by atoms with Crippen molar-refractivity contribution < 1.29 is 14.3 Å². The minimum atomic E-state index is -0.376. The van der Waals surface area contributed by atoms with E-state index in [9.17, 15) is 4.39 Å². The van der Waals surface area contributed by atoms with Gasteiger partial charge in [-0.2, -0.15) is 0 Å². The van der Waals surface area contributed by atoms with Gasteiger partial charge in [-0.3, -0.25) is 4.98 Å². The summed E-state index contributed by atoms with van der Waals surface area (Å²) >= 11 is 0. The van der Waals surface area contributed by atoms with Gasteiger partial charge in [-0.15, -0.1) is 0 Å². The Balaban J connectivity index is 1.81. The topological polar surface area (TPSA) is 54.7 Å². The highest BCUT2D eigenvalue weighted by Gasteiger charge is 2.21. The molecule has 2 aromatic rings. The summed E-state index contributed by atoms with van der Waals surface area (Å²) in [4.78, 5) is 3.79. The van der Waals surface area contributed by atoms with Crippen LogP contribution in [0.3, 0.4) is 0 Å². The van der Waals surface area contributed by atoms with Crippen LogP contribution < -0.4 is 4.74 Å². The minimum Gasteiger partial charge on any atom is -0.489 e. The van der Waals surface area contributed by atoms with Crippen LogP contribution >= 0.6 is 0 Å². The Hall–Kier alpha value is -2.43. The molecule has 0 bridgehead atoms. The van der Waals surface area contributed by atoms with E-state index in [1.807, 2.05) is 18.2 Å². The Morgan fingerprint density at radius 2 is 2.20 bits per heavy atom. The number of hydrogen-bond acceptors (Lipinski definition) is 4. The Morgan fingerprint density at radius 3 is 3.00 bits per heavy atom. The zero-order chi connectivity index (χ0) is 13.9. The van der Waals surface area contributed by atoms with Gasteiger partial charge in [0, 0.05) is 22.9 Å². The molecular weight excluding hydrogens is 259 g/mol. The van der Waals surface area contributed by atoms with E-state index in [1.165, 1.54) is 6.07 Å². The number of fused-ring (bicyclic) bond motifs is 1. The van der Waals surface area contributed by atoms with Gasteiger partial charge < -0.3 is 9.94 Å². The number of halogens is 1. The SMILES string of the molecule is O/N=C1/CCc2c(OCc3cncc(F)c3)cccc21. The third-order valence-corrected chi connectivity index (χ3v) is 3.33.